The van der Waals surface area contributed by atoms with Gasteiger partial charge in [-0.05, 0) is 35.8 Å². The lowest BCUT2D eigenvalue weighted by atomic mass is 10.4. The maximum absolute atomic E-state index is 12.3. The van der Waals surface area contributed by atoms with Crippen LogP contribution in [-0.2, 0) is 10.0 Å². The average Bonchev–Trinajstić information content (AvgIpc) is 2.27. The van der Waals surface area contributed by atoms with Gasteiger partial charge in [-0.15, -0.1) is 0 Å². The van der Waals surface area contributed by atoms with Crippen molar-refractivity contribution in [3.8, 4) is 0 Å². The van der Waals surface area contributed by atoms with Gasteiger partial charge in [0.15, 0.2) is 5.82 Å². The number of nitrogen functional groups attached to an aromatic ring is 1. The number of anilines is 1. The molecule has 8 heteroatoms. The van der Waals surface area contributed by atoms with Gasteiger partial charge < -0.3 is 5.43 Å². The third-order valence-electron chi connectivity index (χ3n) is 2.34. The molecule has 0 aliphatic rings. The molecule has 1 rings (SSSR count). The number of sulfonamides is 1. The van der Waals surface area contributed by atoms with Crippen LogP contribution in [0.15, 0.2) is 21.6 Å². The topological polar surface area (TPSA) is 88.3 Å². The number of pyridine rings is 1. The number of hydrazine groups is 1. The van der Waals surface area contributed by atoms with Crippen LogP contribution in [0.2, 0.25) is 0 Å². The second-order valence-corrected chi connectivity index (χ2v) is 6.64. The molecule has 1 aromatic rings. The van der Waals surface area contributed by atoms with Crippen LogP contribution >= 0.6 is 15.9 Å². The standard InChI is InChI=1S/C9H15BrN4O2S/c1-6(2)14(3)17(15,16)8-4-7(10)5-12-9(8)13-11/h4-6H,11H2,1-3H3,(H,12,13). The zero-order valence-electron chi connectivity index (χ0n) is 9.81. The van der Waals surface area contributed by atoms with E-state index in [1.807, 2.05) is 0 Å². The van der Waals surface area contributed by atoms with Crippen LogP contribution in [-0.4, -0.2) is 30.8 Å². The highest BCUT2D eigenvalue weighted by Crippen LogP contribution is 2.25. The summed E-state index contributed by atoms with van der Waals surface area (Å²) < 4.78 is 26.4. The van der Waals surface area contributed by atoms with Crippen LogP contribution in [0.3, 0.4) is 0 Å². The van der Waals surface area contributed by atoms with Crippen molar-refractivity contribution in [3.63, 3.8) is 0 Å². The molecule has 0 aliphatic heterocycles. The van der Waals surface area contributed by atoms with Crippen LogP contribution in [0.4, 0.5) is 5.82 Å². The van der Waals surface area contributed by atoms with E-state index >= 15 is 0 Å². The van der Waals surface area contributed by atoms with Crippen molar-refractivity contribution in [2.75, 3.05) is 12.5 Å². The van der Waals surface area contributed by atoms with E-state index in [0.717, 1.165) is 0 Å². The Labute approximate surface area is 109 Å². The van der Waals surface area contributed by atoms with Crippen LogP contribution in [0.1, 0.15) is 13.8 Å². The van der Waals surface area contributed by atoms with Crippen LogP contribution in [0, 0.1) is 0 Å². The van der Waals surface area contributed by atoms with Crippen molar-refractivity contribution in [1.29, 1.82) is 0 Å². The van der Waals surface area contributed by atoms with E-state index in [9.17, 15) is 8.42 Å². The van der Waals surface area contributed by atoms with Crippen molar-refractivity contribution >= 4 is 31.8 Å². The van der Waals surface area contributed by atoms with Gasteiger partial charge in [0, 0.05) is 23.8 Å². The van der Waals surface area contributed by atoms with Crippen molar-refractivity contribution in [2.24, 2.45) is 5.84 Å². The molecule has 0 saturated carbocycles. The van der Waals surface area contributed by atoms with Gasteiger partial charge in [-0.25, -0.2) is 19.2 Å². The summed E-state index contributed by atoms with van der Waals surface area (Å²) in [6.07, 6.45) is 1.48. The van der Waals surface area contributed by atoms with E-state index in [1.54, 1.807) is 13.8 Å². The molecule has 0 atom stereocenters. The molecule has 0 aliphatic carbocycles. The fourth-order valence-corrected chi connectivity index (χ4v) is 3.14. The van der Waals surface area contributed by atoms with Crippen molar-refractivity contribution in [3.05, 3.63) is 16.7 Å². The summed E-state index contributed by atoms with van der Waals surface area (Å²) in [4.78, 5) is 3.96. The molecule has 1 heterocycles. The van der Waals surface area contributed by atoms with Gasteiger partial charge in [-0.1, -0.05) is 0 Å². The summed E-state index contributed by atoms with van der Waals surface area (Å²) in [7, 11) is -2.09. The monoisotopic (exact) mass is 322 g/mol. The zero-order chi connectivity index (χ0) is 13.2. The maximum Gasteiger partial charge on any atom is 0.246 e. The third kappa shape index (κ3) is 2.95. The Balaban J connectivity index is 3.37. The van der Waals surface area contributed by atoms with Crippen molar-refractivity contribution in [1.82, 2.24) is 9.29 Å². The number of rotatable bonds is 4. The highest BCUT2D eigenvalue weighted by molar-refractivity contribution is 9.10. The molecule has 0 unspecified atom stereocenters. The number of hydrogen-bond donors (Lipinski definition) is 2. The summed E-state index contributed by atoms with van der Waals surface area (Å²) in [5.41, 5.74) is 2.28. The van der Waals surface area contributed by atoms with Crippen molar-refractivity contribution in [2.45, 2.75) is 24.8 Å². The van der Waals surface area contributed by atoms with Crippen LogP contribution < -0.4 is 11.3 Å². The SMILES string of the molecule is CC(C)N(C)S(=O)(=O)c1cc(Br)cnc1NN. The molecule has 1 aromatic heterocycles. The molecule has 0 amide bonds. The minimum atomic E-state index is -3.61. The fraction of sp³-hybridized carbons (Fsp3) is 0.444. The lowest BCUT2D eigenvalue weighted by Gasteiger charge is -2.22. The van der Waals surface area contributed by atoms with Crippen molar-refractivity contribution < 1.29 is 8.42 Å². The molecule has 0 spiro atoms. The fourth-order valence-electron chi connectivity index (χ4n) is 1.16. The number of halogens is 1. The number of nitrogens with two attached hydrogens (primary N) is 1. The first-order valence-electron chi connectivity index (χ1n) is 4.91. The van der Waals surface area contributed by atoms with E-state index in [2.05, 4.69) is 26.3 Å². The van der Waals surface area contributed by atoms with E-state index in [0.29, 0.717) is 4.47 Å². The van der Waals surface area contributed by atoms with Gasteiger partial charge in [0.05, 0.1) is 0 Å². The zero-order valence-corrected chi connectivity index (χ0v) is 12.2. The highest BCUT2D eigenvalue weighted by atomic mass is 79.9. The molecule has 3 N–H and O–H groups in total. The molecule has 0 radical (unpaired) electrons. The first-order chi connectivity index (χ1) is 7.80. The van der Waals surface area contributed by atoms with Gasteiger partial charge in [-0.3, -0.25) is 0 Å². The number of hydrogen-bond acceptors (Lipinski definition) is 5. The van der Waals surface area contributed by atoms with Crippen LogP contribution in [0.25, 0.3) is 0 Å². The van der Waals surface area contributed by atoms with Gasteiger partial charge in [0.1, 0.15) is 4.90 Å². The molecule has 6 nitrogen and oxygen atoms in total. The van der Waals surface area contributed by atoms with E-state index in [1.165, 1.54) is 23.6 Å². The Morgan fingerprint density at radius 1 is 1.53 bits per heavy atom. The average molecular weight is 323 g/mol. The predicted octanol–water partition coefficient (Wildman–Crippen LogP) is 1.16. The summed E-state index contributed by atoms with van der Waals surface area (Å²) in [5.74, 6) is 5.39. The number of nitrogens with zero attached hydrogens (tertiary/aromatic N) is 2. The normalized spacial score (nSPS) is 12.2. The summed E-state index contributed by atoms with van der Waals surface area (Å²) in [6.45, 7) is 3.58. The van der Waals surface area contributed by atoms with Gasteiger partial charge in [0.2, 0.25) is 10.0 Å². The first-order valence-corrected chi connectivity index (χ1v) is 7.14. The molecule has 0 aromatic carbocycles. The highest BCUT2D eigenvalue weighted by Gasteiger charge is 2.26. The summed E-state index contributed by atoms with van der Waals surface area (Å²) in [6, 6.07) is 1.32. The molecular weight excluding hydrogens is 308 g/mol. The Bertz CT molecular complexity index is 504. The van der Waals surface area contributed by atoms with E-state index < -0.39 is 10.0 Å². The molecule has 0 saturated heterocycles. The van der Waals surface area contributed by atoms with Crippen LogP contribution in [0.5, 0.6) is 0 Å². The third-order valence-corrected chi connectivity index (χ3v) is 4.82. The molecule has 0 bridgehead atoms. The van der Waals surface area contributed by atoms with Gasteiger partial charge in [-0.2, -0.15) is 4.31 Å². The minimum absolute atomic E-state index is 0.0468. The Morgan fingerprint density at radius 3 is 2.59 bits per heavy atom. The van der Waals surface area contributed by atoms with E-state index in [4.69, 9.17) is 5.84 Å². The number of aromatic nitrogens is 1. The molecular formula is C9H15BrN4O2S. The second kappa shape index (κ2) is 5.30. The second-order valence-electron chi connectivity index (χ2n) is 3.76. The summed E-state index contributed by atoms with van der Waals surface area (Å²) in [5, 5.41) is 0. The lowest BCUT2D eigenvalue weighted by Crippen LogP contribution is -2.34. The van der Waals surface area contributed by atoms with E-state index in [-0.39, 0.29) is 16.8 Å². The molecule has 17 heavy (non-hydrogen) atoms. The smallest absolute Gasteiger partial charge is 0.246 e. The quantitative estimate of drug-likeness (QED) is 0.641. The first kappa shape index (κ1) is 14.4. The Morgan fingerprint density at radius 2 is 2.12 bits per heavy atom. The predicted molar refractivity (Wildman–Crippen MR) is 69.8 cm³/mol. The molecule has 96 valence electrons. The maximum atomic E-state index is 12.3. The lowest BCUT2D eigenvalue weighted by molar-refractivity contribution is 0.410. The molecule has 0 fully saturated rings. The largest absolute Gasteiger partial charge is 0.307 e. The Hall–Kier alpha value is -0.700. The van der Waals surface area contributed by atoms with Gasteiger partial charge in [0.25, 0.3) is 0 Å². The minimum Gasteiger partial charge on any atom is -0.307 e. The number of nitrogens with one attached hydrogen (secondary N) is 1. The Kier molecular flexibility index (Phi) is 4.48. The summed E-state index contributed by atoms with van der Waals surface area (Å²) >= 11 is 3.19. The van der Waals surface area contributed by atoms with Gasteiger partial charge >= 0.3 is 0 Å².